The minimum Gasteiger partial charge on any atom is -0.376 e. The first-order valence-electron chi connectivity index (χ1n) is 5.08. The number of hydrogen-bond acceptors (Lipinski definition) is 6. The summed E-state index contributed by atoms with van der Waals surface area (Å²) in [6.07, 6.45) is 1.27. The predicted molar refractivity (Wildman–Crippen MR) is 60.1 cm³/mol. The van der Waals surface area contributed by atoms with Crippen LogP contribution in [0.3, 0.4) is 0 Å². The van der Waals surface area contributed by atoms with Gasteiger partial charge in [-0.1, -0.05) is 5.16 Å². The van der Waals surface area contributed by atoms with Crippen LogP contribution in [0, 0.1) is 25.2 Å². The topological polar surface area (TPSA) is 87.6 Å². The van der Waals surface area contributed by atoms with Crippen LogP contribution in [-0.2, 0) is 6.54 Å². The number of nitrogens with one attached hydrogen (secondary N) is 1. The fraction of sp³-hybridized carbons (Fsp3) is 0.273. The number of hydrogen-bond donors (Lipinski definition) is 1. The first kappa shape index (κ1) is 11.1. The van der Waals surface area contributed by atoms with Crippen LogP contribution in [0.2, 0.25) is 0 Å². The minimum atomic E-state index is 0.411. The summed E-state index contributed by atoms with van der Waals surface area (Å²) in [5, 5.41) is 15.9. The van der Waals surface area contributed by atoms with E-state index in [1.165, 1.54) is 6.39 Å². The van der Waals surface area contributed by atoms with Crippen LogP contribution in [0.5, 0.6) is 0 Å². The molecule has 6 heteroatoms. The average Bonchev–Trinajstić information content (AvgIpc) is 2.78. The molecule has 0 bridgehead atoms. The van der Waals surface area contributed by atoms with E-state index >= 15 is 0 Å². The normalized spacial score (nSPS) is 9.94. The number of pyridine rings is 1. The molecule has 1 N–H and O–H groups in total. The van der Waals surface area contributed by atoms with Gasteiger partial charge >= 0.3 is 0 Å². The monoisotopic (exact) mass is 229 g/mol. The molecule has 86 valence electrons. The molecule has 17 heavy (non-hydrogen) atoms. The highest BCUT2D eigenvalue weighted by Crippen LogP contribution is 2.18. The Bertz CT molecular complexity index is 556. The molecule has 0 aliphatic rings. The average molecular weight is 229 g/mol. The maximum atomic E-state index is 9.07. The molecule has 0 saturated heterocycles. The van der Waals surface area contributed by atoms with E-state index in [0.717, 1.165) is 11.4 Å². The second-order valence-electron chi connectivity index (χ2n) is 3.58. The van der Waals surface area contributed by atoms with Gasteiger partial charge in [0.05, 0.1) is 23.5 Å². The molecule has 0 radical (unpaired) electrons. The summed E-state index contributed by atoms with van der Waals surface area (Å²) >= 11 is 0. The van der Waals surface area contributed by atoms with Gasteiger partial charge < -0.3 is 9.84 Å². The van der Waals surface area contributed by atoms with Gasteiger partial charge in [0.25, 0.3) is 0 Å². The molecule has 0 amide bonds. The van der Waals surface area contributed by atoms with Crippen LogP contribution in [-0.4, -0.2) is 15.1 Å². The van der Waals surface area contributed by atoms with Crippen LogP contribution in [0.4, 0.5) is 5.69 Å². The largest absolute Gasteiger partial charge is 0.376 e. The lowest BCUT2D eigenvalue weighted by atomic mass is 10.1. The summed E-state index contributed by atoms with van der Waals surface area (Å²) in [6.45, 7) is 4.10. The smallest absolute Gasteiger partial charge is 0.213 e. The summed E-state index contributed by atoms with van der Waals surface area (Å²) in [5.41, 5.74) is 2.85. The third-order valence-electron chi connectivity index (χ3n) is 2.28. The van der Waals surface area contributed by atoms with E-state index in [9.17, 15) is 0 Å². The van der Waals surface area contributed by atoms with Gasteiger partial charge in [-0.2, -0.15) is 10.2 Å². The van der Waals surface area contributed by atoms with Crippen LogP contribution in [0.1, 0.15) is 22.8 Å². The van der Waals surface area contributed by atoms with Crippen molar-refractivity contribution < 1.29 is 4.52 Å². The maximum absolute atomic E-state index is 9.07. The molecule has 6 nitrogen and oxygen atoms in total. The van der Waals surface area contributed by atoms with E-state index in [4.69, 9.17) is 5.26 Å². The molecule has 2 aromatic rings. The Hall–Kier alpha value is -2.42. The summed E-state index contributed by atoms with van der Waals surface area (Å²) in [5.74, 6) is 0.543. The Kier molecular flexibility index (Phi) is 3.01. The summed E-state index contributed by atoms with van der Waals surface area (Å²) in [4.78, 5) is 8.13. The van der Waals surface area contributed by atoms with Gasteiger partial charge in [0, 0.05) is 5.69 Å². The molecular formula is C11H11N5O. The fourth-order valence-electron chi connectivity index (χ4n) is 1.55. The van der Waals surface area contributed by atoms with Crippen LogP contribution < -0.4 is 5.32 Å². The van der Waals surface area contributed by atoms with E-state index in [2.05, 4.69) is 31.0 Å². The van der Waals surface area contributed by atoms with E-state index in [1.807, 2.05) is 19.9 Å². The molecule has 0 fully saturated rings. The number of nitrogens with zero attached hydrogens (tertiary/aromatic N) is 4. The van der Waals surface area contributed by atoms with Gasteiger partial charge in [-0.25, -0.2) is 0 Å². The molecule has 0 unspecified atom stereocenters. The highest BCUT2D eigenvalue weighted by Gasteiger charge is 2.08. The Morgan fingerprint density at radius 2 is 2.29 bits per heavy atom. The molecule has 2 heterocycles. The van der Waals surface area contributed by atoms with Crippen molar-refractivity contribution in [3.05, 3.63) is 35.2 Å². The second kappa shape index (κ2) is 4.61. The Balaban J connectivity index is 2.23. The molecule has 0 spiro atoms. The minimum absolute atomic E-state index is 0.411. The predicted octanol–water partition coefficient (Wildman–Crippen LogP) is 1.57. The Morgan fingerprint density at radius 3 is 2.94 bits per heavy atom. The molecule has 2 rings (SSSR count). The van der Waals surface area contributed by atoms with Gasteiger partial charge in [-0.3, -0.25) is 4.98 Å². The van der Waals surface area contributed by atoms with Crippen molar-refractivity contribution in [2.75, 3.05) is 5.32 Å². The zero-order valence-corrected chi connectivity index (χ0v) is 9.56. The van der Waals surface area contributed by atoms with Crippen molar-refractivity contribution >= 4 is 5.69 Å². The lowest BCUT2D eigenvalue weighted by molar-refractivity contribution is 0.411. The van der Waals surface area contributed by atoms with Crippen molar-refractivity contribution in [1.29, 1.82) is 5.26 Å². The van der Waals surface area contributed by atoms with Crippen LogP contribution >= 0.6 is 0 Å². The molecular weight excluding hydrogens is 218 g/mol. The second-order valence-corrected chi connectivity index (χ2v) is 3.58. The maximum Gasteiger partial charge on any atom is 0.213 e. The number of aromatic nitrogens is 3. The number of rotatable bonds is 3. The quantitative estimate of drug-likeness (QED) is 0.859. The highest BCUT2D eigenvalue weighted by molar-refractivity contribution is 5.59. The van der Waals surface area contributed by atoms with Gasteiger partial charge in [0.1, 0.15) is 6.07 Å². The number of anilines is 1. The number of aryl methyl sites for hydroxylation is 2. The van der Waals surface area contributed by atoms with Crippen molar-refractivity contribution in [3.63, 3.8) is 0 Å². The summed E-state index contributed by atoms with van der Waals surface area (Å²) in [6, 6.07) is 3.96. The first-order valence-corrected chi connectivity index (χ1v) is 5.08. The lowest BCUT2D eigenvalue weighted by Gasteiger charge is -2.08. The zero-order valence-electron chi connectivity index (χ0n) is 9.56. The van der Waals surface area contributed by atoms with Crippen molar-refractivity contribution in [2.24, 2.45) is 0 Å². The van der Waals surface area contributed by atoms with Gasteiger partial charge in [-0.05, 0) is 19.9 Å². The summed E-state index contributed by atoms with van der Waals surface area (Å²) < 4.78 is 4.63. The van der Waals surface area contributed by atoms with Crippen LogP contribution in [0.25, 0.3) is 0 Å². The van der Waals surface area contributed by atoms with Crippen molar-refractivity contribution in [3.8, 4) is 6.07 Å². The van der Waals surface area contributed by atoms with Gasteiger partial charge in [-0.15, -0.1) is 0 Å². The van der Waals surface area contributed by atoms with E-state index in [-0.39, 0.29) is 0 Å². The molecule has 0 saturated carbocycles. The van der Waals surface area contributed by atoms with Crippen molar-refractivity contribution in [1.82, 2.24) is 15.1 Å². The first-order chi connectivity index (χ1) is 8.20. The molecule has 0 aliphatic heterocycles. The molecule has 0 aromatic carbocycles. The molecule has 2 aromatic heterocycles. The standard InChI is InChI=1S/C11H11N5O/c1-7-3-10(9(4-12)8(2)15-7)13-5-11-14-6-17-16-11/h3,6H,5H2,1-2H3,(H,13,15). The highest BCUT2D eigenvalue weighted by atomic mass is 16.5. The van der Waals surface area contributed by atoms with E-state index in [0.29, 0.717) is 23.6 Å². The fourth-order valence-corrected chi connectivity index (χ4v) is 1.55. The zero-order chi connectivity index (χ0) is 12.3. The third kappa shape index (κ3) is 2.39. The van der Waals surface area contributed by atoms with Crippen LogP contribution in [0.15, 0.2) is 17.0 Å². The SMILES string of the molecule is Cc1cc(NCc2ncon2)c(C#N)c(C)n1. The number of nitriles is 1. The molecule has 0 aliphatic carbocycles. The van der Waals surface area contributed by atoms with E-state index < -0.39 is 0 Å². The van der Waals surface area contributed by atoms with Gasteiger partial charge in [0.2, 0.25) is 6.39 Å². The third-order valence-corrected chi connectivity index (χ3v) is 2.28. The summed E-state index contributed by atoms with van der Waals surface area (Å²) in [7, 11) is 0. The molecule has 0 atom stereocenters. The Morgan fingerprint density at radius 1 is 1.47 bits per heavy atom. The van der Waals surface area contributed by atoms with E-state index in [1.54, 1.807) is 0 Å². The Labute approximate surface area is 98.3 Å². The lowest BCUT2D eigenvalue weighted by Crippen LogP contribution is -2.05. The van der Waals surface area contributed by atoms with Crippen molar-refractivity contribution in [2.45, 2.75) is 20.4 Å². The van der Waals surface area contributed by atoms with Gasteiger partial charge in [0.15, 0.2) is 5.82 Å².